The molecule has 8 nitrogen and oxygen atoms in total. The minimum atomic E-state index is -0.160. The number of para-hydroxylation sites is 1. The number of rotatable bonds is 5. The molecule has 118 valence electrons. The normalized spacial score (nSPS) is 10.7. The van der Waals surface area contributed by atoms with Gasteiger partial charge < -0.3 is 9.32 Å². The van der Waals surface area contributed by atoms with Crippen LogP contribution in [0.4, 0.5) is 0 Å². The highest BCUT2D eigenvalue weighted by atomic mass is 16.4. The quantitative estimate of drug-likeness (QED) is 0.709. The Balaban J connectivity index is 1.82. The van der Waals surface area contributed by atoms with Crippen LogP contribution >= 0.6 is 0 Å². The molecule has 0 aliphatic carbocycles. The van der Waals surface area contributed by atoms with Gasteiger partial charge in [0.15, 0.2) is 0 Å². The molecular weight excluding hydrogens is 296 g/mol. The Bertz CT molecular complexity index is 796. The van der Waals surface area contributed by atoms with Crippen LogP contribution in [-0.4, -0.2) is 42.8 Å². The molecule has 23 heavy (non-hydrogen) atoms. The molecule has 0 spiro atoms. The van der Waals surface area contributed by atoms with Gasteiger partial charge in [0.2, 0.25) is 11.8 Å². The summed E-state index contributed by atoms with van der Waals surface area (Å²) in [5, 5.41) is 11.9. The van der Waals surface area contributed by atoms with Crippen LogP contribution < -0.4 is 0 Å². The molecule has 3 aromatic rings. The highest BCUT2D eigenvalue weighted by Crippen LogP contribution is 2.16. The predicted octanol–water partition coefficient (Wildman–Crippen LogP) is 1.48. The van der Waals surface area contributed by atoms with Gasteiger partial charge in [-0.15, -0.1) is 10.2 Å². The summed E-state index contributed by atoms with van der Waals surface area (Å²) in [7, 11) is 1.69. The molecule has 0 bridgehead atoms. The van der Waals surface area contributed by atoms with Gasteiger partial charge in [-0.25, -0.2) is 9.67 Å². The van der Waals surface area contributed by atoms with Crippen molar-refractivity contribution >= 4 is 5.91 Å². The van der Waals surface area contributed by atoms with Gasteiger partial charge in [-0.05, 0) is 12.1 Å². The lowest BCUT2D eigenvalue weighted by Gasteiger charge is -2.17. The van der Waals surface area contributed by atoms with Crippen molar-refractivity contribution in [1.29, 1.82) is 0 Å². The van der Waals surface area contributed by atoms with E-state index in [1.807, 2.05) is 25.1 Å². The summed E-state index contributed by atoms with van der Waals surface area (Å²) in [5.41, 5.74) is 1.19. The third-order valence-corrected chi connectivity index (χ3v) is 3.33. The molecule has 3 rings (SSSR count). The summed E-state index contributed by atoms with van der Waals surface area (Å²) in [6.45, 7) is 2.18. The summed E-state index contributed by atoms with van der Waals surface area (Å²) < 4.78 is 7.01. The number of amides is 1. The van der Waals surface area contributed by atoms with Gasteiger partial charge in [-0.3, -0.25) is 4.79 Å². The molecule has 0 saturated heterocycles. The van der Waals surface area contributed by atoms with Crippen molar-refractivity contribution in [1.82, 2.24) is 29.9 Å². The van der Waals surface area contributed by atoms with E-state index in [0.29, 0.717) is 29.5 Å². The first kappa shape index (κ1) is 14.9. The van der Waals surface area contributed by atoms with Crippen molar-refractivity contribution in [3.63, 3.8) is 0 Å². The summed E-state index contributed by atoms with van der Waals surface area (Å²) >= 11 is 0. The first-order chi connectivity index (χ1) is 11.2. The number of nitrogens with zero attached hydrogens (tertiary/aromatic N) is 6. The summed E-state index contributed by atoms with van der Waals surface area (Å²) in [6.07, 6.45) is 3.65. The van der Waals surface area contributed by atoms with Gasteiger partial charge in [-0.1, -0.05) is 19.1 Å². The van der Waals surface area contributed by atoms with Crippen molar-refractivity contribution < 1.29 is 9.21 Å². The first-order valence-corrected chi connectivity index (χ1v) is 7.19. The molecule has 2 aromatic heterocycles. The Hall–Kier alpha value is -3.03. The SMILES string of the molecule is CCc1nnc(CN(C)C(=O)c2ccccc2-n2cncn2)o1. The second-order valence-electron chi connectivity index (χ2n) is 4.96. The third-order valence-electron chi connectivity index (χ3n) is 3.33. The second-order valence-corrected chi connectivity index (χ2v) is 4.96. The zero-order chi connectivity index (χ0) is 16.2. The highest BCUT2D eigenvalue weighted by molar-refractivity contribution is 5.97. The average Bonchev–Trinajstić information content (AvgIpc) is 3.25. The number of carbonyl (C=O) groups excluding carboxylic acids is 1. The molecule has 0 radical (unpaired) electrons. The molecule has 0 atom stereocenters. The molecule has 8 heteroatoms. The molecule has 2 heterocycles. The molecule has 0 aliphatic heterocycles. The average molecular weight is 312 g/mol. The maximum atomic E-state index is 12.7. The van der Waals surface area contributed by atoms with Crippen LogP contribution in [0.3, 0.4) is 0 Å². The largest absolute Gasteiger partial charge is 0.423 e. The van der Waals surface area contributed by atoms with Crippen LogP contribution in [0.2, 0.25) is 0 Å². The first-order valence-electron chi connectivity index (χ1n) is 7.19. The van der Waals surface area contributed by atoms with Crippen molar-refractivity contribution in [2.24, 2.45) is 0 Å². The van der Waals surface area contributed by atoms with Crippen molar-refractivity contribution in [2.45, 2.75) is 19.9 Å². The smallest absolute Gasteiger partial charge is 0.256 e. The van der Waals surface area contributed by atoms with Crippen LogP contribution in [0.25, 0.3) is 5.69 Å². The van der Waals surface area contributed by atoms with Crippen LogP contribution in [-0.2, 0) is 13.0 Å². The predicted molar refractivity (Wildman–Crippen MR) is 80.8 cm³/mol. The van der Waals surface area contributed by atoms with Crippen LogP contribution in [0, 0.1) is 0 Å². The Labute approximate surface area is 132 Å². The van der Waals surface area contributed by atoms with Crippen LogP contribution in [0.15, 0.2) is 41.3 Å². The summed E-state index contributed by atoms with van der Waals surface area (Å²) in [6, 6.07) is 7.22. The Morgan fingerprint density at radius 1 is 1.26 bits per heavy atom. The van der Waals surface area contributed by atoms with Crippen LogP contribution in [0.5, 0.6) is 0 Å². The fraction of sp³-hybridized carbons (Fsp3) is 0.267. The van der Waals surface area contributed by atoms with E-state index >= 15 is 0 Å². The standard InChI is InChI=1S/C15H16N6O2/c1-3-13-18-19-14(23-13)8-20(2)15(22)11-6-4-5-7-12(11)21-10-16-9-17-21/h4-7,9-10H,3,8H2,1-2H3. The van der Waals surface area contributed by atoms with E-state index in [1.165, 1.54) is 11.2 Å². The highest BCUT2D eigenvalue weighted by Gasteiger charge is 2.19. The lowest BCUT2D eigenvalue weighted by Crippen LogP contribution is -2.27. The van der Waals surface area contributed by atoms with Crippen LogP contribution in [0.1, 0.15) is 29.1 Å². The summed E-state index contributed by atoms with van der Waals surface area (Å²) in [5.74, 6) is 0.812. The molecule has 0 N–H and O–H groups in total. The molecule has 0 unspecified atom stereocenters. The number of carbonyl (C=O) groups is 1. The number of hydrogen-bond donors (Lipinski definition) is 0. The minimum Gasteiger partial charge on any atom is -0.423 e. The van der Waals surface area contributed by atoms with Gasteiger partial charge in [0.05, 0.1) is 17.8 Å². The van der Waals surface area contributed by atoms with E-state index in [0.717, 1.165) is 0 Å². The lowest BCUT2D eigenvalue weighted by atomic mass is 10.1. The van der Waals surface area contributed by atoms with E-state index < -0.39 is 0 Å². The van der Waals surface area contributed by atoms with Gasteiger partial charge in [-0.2, -0.15) is 5.10 Å². The molecule has 0 saturated carbocycles. The van der Waals surface area contributed by atoms with E-state index in [-0.39, 0.29) is 12.5 Å². The van der Waals surface area contributed by atoms with Crippen molar-refractivity contribution in [3.05, 3.63) is 54.3 Å². The molecule has 0 fully saturated rings. The van der Waals surface area contributed by atoms with E-state index in [4.69, 9.17) is 4.42 Å². The molecule has 1 amide bonds. The maximum Gasteiger partial charge on any atom is 0.256 e. The molecular formula is C15H16N6O2. The lowest BCUT2D eigenvalue weighted by molar-refractivity contribution is 0.0772. The topological polar surface area (TPSA) is 89.9 Å². The van der Waals surface area contributed by atoms with Gasteiger partial charge >= 0.3 is 0 Å². The zero-order valence-corrected chi connectivity index (χ0v) is 12.9. The number of aromatic nitrogens is 5. The van der Waals surface area contributed by atoms with Gasteiger partial charge in [0.25, 0.3) is 5.91 Å². The Kier molecular flexibility index (Phi) is 4.13. The monoisotopic (exact) mass is 312 g/mol. The molecule has 0 aliphatic rings. The maximum absolute atomic E-state index is 12.7. The fourth-order valence-electron chi connectivity index (χ4n) is 2.16. The van der Waals surface area contributed by atoms with Gasteiger partial charge in [0.1, 0.15) is 12.7 Å². The number of aryl methyl sites for hydroxylation is 1. The van der Waals surface area contributed by atoms with Gasteiger partial charge in [0, 0.05) is 13.5 Å². The van der Waals surface area contributed by atoms with Crippen molar-refractivity contribution in [3.8, 4) is 5.69 Å². The summed E-state index contributed by atoms with van der Waals surface area (Å²) in [4.78, 5) is 18.2. The number of benzene rings is 1. The fourth-order valence-corrected chi connectivity index (χ4v) is 2.16. The van der Waals surface area contributed by atoms with E-state index in [1.54, 1.807) is 24.1 Å². The Morgan fingerprint density at radius 2 is 2.04 bits per heavy atom. The van der Waals surface area contributed by atoms with Crippen molar-refractivity contribution in [2.75, 3.05) is 7.05 Å². The number of hydrogen-bond acceptors (Lipinski definition) is 6. The Morgan fingerprint density at radius 3 is 2.74 bits per heavy atom. The third kappa shape index (κ3) is 3.10. The minimum absolute atomic E-state index is 0.160. The second kappa shape index (κ2) is 6.39. The van der Waals surface area contributed by atoms with E-state index in [2.05, 4.69) is 20.3 Å². The molecule has 1 aromatic carbocycles. The van der Waals surface area contributed by atoms with E-state index in [9.17, 15) is 4.79 Å². The zero-order valence-electron chi connectivity index (χ0n) is 12.9.